The number of benzene rings is 2. The van der Waals surface area contributed by atoms with Crippen LogP contribution >= 0.6 is 0 Å². The van der Waals surface area contributed by atoms with E-state index in [4.69, 9.17) is 18.9 Å². The molecule has 0 saturated carbocycles. The van der Waals surface area contributed by atoms with E-state index in [1.165, 1.54) is 6.07 Å². The third-order valence-electron chi connectivity index (χ3n) is 10.3. The molecule has 18 heteroatoms. The Labute approximate surface area is 334 Å². The number of piperidine rings is 1. The molecule has 1 unspecified atom stereocenters. The van der Waals surface area contributed by atoms with Gasteiger partial charge in [0.2, 0.25) is 17.7 Å². The summed E-state index contributed by atoms with van der Waals surface area (Å²) in [5.41, 5.74) is 3.76. The minimum atomic E-state index is -1.08. The number of hydrogen-bond donors (Lipinski definition) is 3. The average molecular weight is 802 g/mol. The lowest BCUT2D eigenvalue weighted by molar-refractivity contribution is -0.136. The van der Waals surface area contributed by atoms with E-state index in [0.717, 1.165) is 27.2 Å². The van der Waals surface area contributed by atoms with Crippen molar-refractivity contribution < 1.29 is 47.7 Å². The minimum Gasteiger partial charge on any atom is -0.496 e. The molecular formula is C40H47N7O11. The number of hydrogen-bond acceptors (Lipinski definition) is 12. The predicted octanol–water partition coefficient (Wildman–Crippen LogP) is 0.812. The summed E-state index contributed by atoms with van der Waals surface area (Å²) in [5.74, 6) is -1.43. The van der Waals surface area contributed by atoms with Gasteiger partial charge in [-0.2, -0.15) is 0 Å². The molecule has 6 rings (SSSR count). The molecule has 0 radical (unpaired) electrons. The van der Waals surface area contributed by atoms with Crippen LogP contribution in [-0.4, -0.2) is 129 Å². The van der Waals surface area contributed by atoms with Crippen LogP contribution in [0.2, 0.25) is 0 Å². The van der Waals surface area contributed by atoms with Gasteiger partial charge in [-0.3, -0.25) is 43.9 Å². The molecule has 0 aliphatic carbocycles. The Morgan fingerprint density at radius 2 is 1.67 bits per heavy atom. The monoisotopic (exact) mass is 801 g/mol. The van der Waals surface area contributed by atoms with Gasteiger partial charge in [-0.05, 0) is 55.3 Å². The van der Waals surface area contributed by atoms with Crippen LogP contribution < -0.4 is 35.7 Å². The van der Waals surface area contributed by atoms with E-state index in [2.05, 4.69) is 16.0 Å². The molecule has 1 aromatic heterocycles. The Balaban J connectivity index is 0.992. The number of nitrogens with zero attached hydrogens (tertiary/aromatic N) is 4. The molecular weight excluding hydrogens is 754 g/mol. The molecule has 1 atom stereocenters. The maximum Gasteiger partial charge on any atom is 0.317 e. The first-order valence-electron chi connectivity index (χ1n) is 18.8. The van der Waals surface area contributed by atoms with Crippen LogP contribution in [0.15, 0.2) is 41.3 Å². The minimum absolute atomic E-state index is 0.0212. The van der Waals surface area contributed by atoms with Gasteiger partial charge in [0, 0.05) is 64.0 Å². The van der Waals surface area contributed by atoms with E-state index in [-0.39, 0.29) is 86.7 Å². The number of ether oxygens (including phenoxy) is 4. The number of imide groups is 2. The standard InChI is InChI=1S/C40H47N7O11/c1-41-40(54)46-13-11-24-27(21-46)26(20-45(3)37(24)51)23-17-31(55-4)28(32(18-23)56-5)19-44(2)22-34(49)42-12-14-57-15-16-58-30-8-6-7-25-35(30)39(53)47(38(25)52)29-9-10-33(48)43-36(29)50/h6-8,17-18,20,29H,9-16,19,21-22H2,1-5H3,(H,41,54)(H,42,49)(H,43,48,50). The maximum atomic E-state index is 13.3. The Morgan fingerprint density at radius 1 is 0.931 bits per heavy atom. The van der Waals surface area contributed by atoms with Crippen molar-refractivity contribution in [2.24, 2.45) is 7.05 Å². The fourth-order valence-electron chi connectivity index (χ4n) is 7.47. The summed E-state index contributed by atoms with van der Waals surface area (Å²) in [4.78, 5) is 93.0. The fourth-order valence-corrected chi connectivity index (χ4v) is 7.47. The van der Waals surface area contributed by atoms with Gasteiger partial charge in [0.25, 0.3) is 17.4 Å². The molecule has 1 saturated heterocycles. The fraction of sp³-hybridized carbons (Fsp3) is 0.425. The normalized spacial score (nSPS) is 16.2. The summed E-state index contributed by atoms with van der Waals surface area (Å²) < 4.78 is 24.6. The van der Waals surface area contributed by atoms with E-state index >= 15 is 0 Å². The molecule has 0 bridgehead atoms. The number of pyridine rings is 1. The van der Waals surface area contributed by atoms with Crippen LogP contribution in [0.3, 0.4) is 0 Å². The molecule has 3 aromatic rings. The van der Waals surface area contributed by atoms with Gasteiger partial charge in [0.15, 0.2) is 0 Å². The number of aromatic nitrogens is 1. The van der Waals surface area contributed by atoms with Crippen LogP contribution in [0.4, 0.5) is 4.79 Å². The van der Waals surface area contributed by atoms with Crippen LogP contribution in [0.25, 0.3) is 11.1 Å². The Hall–Kier alpha value is -6.27. The second kappa shape index (κ2) is 17.9. The van der Waals surface area contributed by atoms with Crippen molar-refractivity contribution in [3.63, 3.8) is 0 Å². The molecule has 7 amide bonds. The van der Waals surface area contributed by atoms with E-state index in [0.29, 0.717) is 36.6 Å². The molecule has 3 aliphatic heterocycles. The van der Waals surface area contributed by atoms with E-state index in [9.17, 15) is 33.6 Å². The highest BCUT2D eigenvalue weighted by molar-refractivity contribution is 6.24. The predicted molar refractivity (Wildman–Crippen MR) is 208 cm³/mol. The largest absolute Gasteiger partial charge is 0.496 e. The second-order valence-corrected chi connectivity index (χ2v) is 14.1. The highest BCUT2D eigenvalue weighted by Crippen LogP contribution is 2.38. The first-order chi connectivity index (χ1) is 27.9. The number of carbonyl (C=O) groups excluding carboxylic acids is 6. The zero-order valence-corrected chi connectivity index (χ0v) is 33.1. The molecule has 0 spiro atoms. The summed E-state index contributed by atoms with van der Waals surface area (Å²) in [7, 11) is 8.17. The zero-order chi connectivity index (χ0) is 41.7. The molecule has 58 heavy (non-hydrogen) atoms. The number of urea groups is 1. The summed E-state index contributed by atoms with van der Waals surface area (Å²) in [6.45, 7) is 1.67. The van der Waals surface area contributed by atoms with E-state index in [1.54, 1.807) is 63.2 Å². The number of rotatable bonds is 15. The van der Waals surface area contributed by atoms with E-state index < -0.39 is 29.7 Å². The molecule has 1 fully saturated rings. The molecule has 2 aromatic carbocycles. The third-order valence-corrected chi connectivity index (χ3v) is 10.3. The van der Waals surface area contributed by atoms with Crippen molar-refractivity contribution in [2.45, 2.75) is 38.4 Å². The quantitative estimate of drug-likeness (QED) is 0.144. The number of carbonyl (C=O) groups is 6. The molecule has 18 nitrogen and oxygen atoms in total. The Morgan fingerprint density at radius 3 is 2.36 bits per heavy atom. The maximum absolute atomic E-state index is 13.3. The number of likely N-dealkylation sites (N-methyl/N-ethyl adjacent to an activating group) is 1. The van der Waals surface area contributed by atoms with Crippen molar-refractivity contribution >= 4 is 35.6 Å². The molecule has 4 heterocycles. The van der Waals surface area contributed by atoms with Gasteiger partial charge < -0.3 is 39.0 Å². The topological polar surface area (TPSA) is 207 Å². The number of fused-ring (bicyclic) bond motifs is 2. The van der Waals surface area contributed by atoms with Crippen molar-refractivity contribution in [2.75, 3.05) is 67.8 Å². The highest BCUT2D eigenvalue weighted by atomic mass is 16.5. The summed E-state index contributed by atoms with van der Waals surface area (Å²) in [5, 5.41) is 7.66. The molecule has 3 N–H and O–H groups in total. The van der Waals surface area contributed by atoms with Crippen molar-refractivity contribution in [1.29, 1.82) is 0 Å². The van der Waals surface area contributed by atoms with Gasteiger partial charge in [-0.1, -0.05) is 6.07 Å². The van der Waals surface area contributed by atoms with Gasteiger partial charge in [0.1, 0.15) is 29.9 Å². The lowest BCUT2D eigenvalue weighted by Gasteiger charge is -2.30. The van der Waals surface area contributed by atoms with Crippen LogP contribution in [0, 0.1) is 0 Å². The molecule has 308 valence electrons. The van der Waals surface area contributed by atoms with Crippen molar-refractivity contribution in [3.05, 3.63) is 74.7 Å². The Kier molecular flexibility index (Phi) is 12.8. The van der Waals surface area contributed by atoms with Crippen molar-refractivity contribution in [1.82, 2.24) is 35.2 Å². The Bertz CT molecular complexity index is 2180. The SMILES string of the molecule is CNC(=O)N1CCc2c(c(-c3cc(OC)c(CN(C)CC(=O)NCCOCCOc4cccc5c4C(=O)N(C4CCC(=O)NC4=O)C5=O)c(OC)c3)cn(C)c2=O)C1. The summed E-state index contributed by atoms with van der Waals surface area (Å²) in [6.07, 6.45) is 2.26. The highest BCUT2D eigenvalue weighted by Gasteiger charge is 2.46. The van der Waals surface area contributed by atoms with Gasteiger partial charge >= 0.3 is 6.03 Å². The summed E-state index contributed by atoms with van der Waals surface area (Å²) in [6, 6.07) is 7.05. The van der Waals surface area contributed by atoms with Crippen LogP contribution in [0.1, 0.15) is 50.2 Å². The average Bonchev–Trinajstić information content (AvgIpc) is 3.47. The molecule has 3 aliphatic rings. The number of nitrogens with one attached hydrogen (secondary N) is 3. The van der Waals surface area contributed by atoms with Gasteiger partial charge in [-0.25, -0.2) is 4.79 Å². The van der Waals surface area contributed by atoms with Crippen LogP contribution in [0.5, 0.6) is 17.2 Å². The third kappa shape index (κ3) is 8.52. The lowest BCUT2D eigenvalue weighted by atomic mass is 9.92. The zero-order valence-electron chi connectivity index (χ0n) is 33.1. The second-order valence-electron chi connectivity index (χ2n) is 14.1. The first kappa shape index (κ1) is 41.4. The van der Waals surface area contributed by atoms with E-state index in [1.807, 2.05) is 17.0 Å². The summed E-state index contributed by atoms with van der Waals surface area (Å²) >= 11 is 0. The number of aryl methyl sites for hydroxylation is 1. The smallest absolute Gasteiger partial charge is 0.317 e. The van der Waals surface area contributed by atoms with Crippen LogP contribution in [-0.2, 0) is 45.7 Å². The van der Waals surface area contributed by atoms with Gasteiger partial charge in [-0.15, -0.1) is 0 Å². The number of amides is 7. The van der Waals surface area contributed by atoms with Gasteiger partial charge in [0.05, 0.1) is 50.7 Å². The first-order valence-corrected chi connectivity index (χ1v) is 18.8. The van der Waals surface area contributed by atoms with Crippen molar-refractivity contribution in [3.8, 4) is 28.4 Å². The lowest BCUT2D eigenvalue weighted by Crippen LogP contribution is -2.54. The number of methoxy groups -OCH3 is 2.